The molecule has 2 aromatic rings. The minimum Gasteiger partial charge on any atom is -0.342 e. The van der Waals surface area contributed by atoms with Crippen LogP contribution in [0.5, 0.6) is 0 Å². The maximum Gasteiger partial charge on any atom is 0.104 e. The quantitative estimate of drug-likeness (QED) is 0.863. The van der Waals surface area contributed by atoms with Crippen LogP contribution in [0.1, 0.15) is 17.8 Å². The first-order valence-corrected chi connectivity index (χ1v) is 6.58. The number of imidazole rings is 1. The van der Waals surface area contributed by atoms with Crippen molar-refractivity contribution in [2.75, 3.05) is 20.1 Å². The molecule has 0 radical (unpaired) electrons. The average molecular weight is 244 g/mol. The van der Waals surface area contributed by atoms with Crippen LogP contribution in [0, 0.1) is 6.92 Å². The largest absolute Gasteiger partial charge is 0.342 e. The normalized spacial score (nSPS) is 20.1. The van der Waals surface area contributed by atoms with Gasteiger partial charge in [-0.3, -0.25) is 4.90 Å². The zero-order valence-electron chi connectivity index (χ0n) is 11.0. The number of hydrogen-bond acceptors (Lipinski definition) is 3. The molecule has 1 unspecified atom stereocenters. The highest BCUT2D eigenvalue weighted by Gasteiger charge is 2.19. The molecule has 0 amide bonds. The number of benzene rings is 1. The summed E-state index contributed by atoms with van der Waals surface area (Å²) in [5.41, 5.74) is 3.55. The van der Waals surface area contributed by atoms with Crippen molar-refractivity contribution in [3.63, 3.8) is 0 Å². The zero-order valence-corrected chi connectivity index (χ0v) is 11.0. The van der Waals surface area contributed by atoms with Crippen molar-refractivity contribution in [1.29, 1.82) is 0 Å². The topological polar surface area (TPSA) is 44.0 Å². The fraction of sp³-hybridized carbons (Fsp3) is 0.500. The molecule has 18 heavy (non-hydrogen) atoms. The SMILES string of the molecule is Cc1nc2ccc(CN(C)C3CCNC3)cc2[nH]1. The summed E-state index contributed by atoms with van der Waals surface area (Å²) >= 11 is 0. The van der Waals surface area contributed by atoms with E-state index in [0.717, 1.165) is 36.5 Å². The van der Waals surface area contributed by atoms with Crippen molar-refractivity contribution in [1.82, 2.24) is 20.2 Å². The Morgan fingerprint density at radius 2 is 2.33 bits per heavy atom. The van der Waals surface area contributed by atoms with E-state index in [0.29, 0.717) is 6.04 Å². The zero-order chi connectivity index (χ0) is 12.5. The van der Waals surface area contributed by atoms with Gasteiger partial charge in [-0.2, -0.15) is 0 Å². The van der Waals surface area contributed by atoms with E-state index in [1.807, 2.05) is 6.92 Å². The smallest absolute Gasteiger partial charge is 0.104 e. The van der Waals surface area contributed by atoms with E-state index in [2.05, 4.69) is 45.4 Å². The molecule has 1 aliphatic heterocycles. The van der Waals surface area contributed by atoms with Gasteiger partial charge in [-0.25, -0.2) is 4.98 Å². The second kappa shape index (κ2) is 4.71. The fourth-order valence-corrected chi connectivity index (χ4v) is 2.72. The van der Waals surface area contributed by atoms with Crippen LogP contribution in [0.3, 0.4) is 0 Å². The number of likely N-dealkylation sites (N-methyl/N-ethyl adjacent to an activating group) is 1. The van der Waals surface area contributed by atoms with Gasteiger partial charge in [-0.1, -0.05) is 6.07 Å². The second-order valence-corrected chi connectivity index (χ2v) is 5.24. The van der Waals surface area contributed by atoms with Crippen molar-refractivity contribution in [2.45, 2.75) is 25.9 Å². The predicted molar refractivity (Wildman–Crippen MR) is 73.6 cm³/mol. The molecule has 3 rings (SSSR count). The molecular weight excluding hydrogens is 224 g/mol. The lowest BCUT2D eigenvalue weighted by Gasteiger charge is -2.23. The van der Waals surface area contributed by atoms with Crippen LogP contribution in [0.15, 0.2) is 18.2 Å². The molecule has 1 fully saturated rings. The molecule has 2 heterocycles. The standard InChI is InChI=1S/C14H20N4/c1-10-16-13-4-3-11(7-14(13)17-10)9-18(2)12-5-6-15-8-12/h3-4,7,12,15H,5-6,8-9H2,1-2H3,(H,16,17). The maximum atomic E-state index is 4.43. The molecule has 0 aliphatic carbocycles. The van der Waals surface area contributed by atoms with Crippen LogP contribution in [0.2, 0.25) is 0 Å². The predicted octanol–water partition coefficient (Wildman–Crippen LogP) is 1.67. The second-order valence-electron chi connectivity index (χ2n) is 5.24. The highest BCUT2D eigenvalue weighted by atomic mass is 15.2. The van der Waals surface area contributed by atoms with Gasteiger partial charge in [0, 0.05) is 19.1 Å². The lowest BCUT2D eigenvalue weighted by Crippen LogP contribution is -2.32. The number of nitrogens with zero attached hydrogens (tertiary/aromatic N) is 2. The van der Waals surface area contributed by atoms with E-state index >= 15 is 0 Å². The Morgan fingerprint density at radius 1 is 1.44 bits per heavy atom. The molecule has 0 saturated carbocycles. The lowest BCUT2D eigenvalue weighted by atomic mass is 10.1. The van der Waals surface area contributed by atoms with Gasteiger partial charge in [0.15, 0.2) is 0 Å². The summed E-state index contributed by atoms with van der Waals surface area (Å²) in [5, 5.41) is 3.41. The van der Waals surface area contributed by atoms with Crippen molar-refractivity contribution in [3.8, 4) is 0 Å². The molecule has 0 spiro atoms. The van der Waals surface area contributed by atoms with Gasteiger partial charge in [0.05, 0.1) is 11.0 Å². The first kappa shape index (κ1) is 11.7. The van der Waals surface area contributed by atoms with Gasteiger partial charge in [0.25, 0.3) is 0 Å². The van der Waals surface area contributed by atoms with Crippen molar-refractivity contribution < 1.29 is 0 Å². The highest BCUT2D eigenvalue weighted by Crippen LogP contribution is 2.16. The summed E-state index contributed by atoms with van der Waals surface area (Å²) < 4.78 is 0. The van der Waals surface area contributed by atoms with Crippen LogP contribution in [-0.2, 0) is 6.54 Å². The molecule has 96 valence electrons. The van der Waals surface area contributed by atoms with Gasteiger partial charge in [-0.05, 0) is 44.6 Å². The lowest BCUT2D eigenvalue weighted by molar-refractivity contribution is 0.249. The van der Waals surface area contributed by atoms with E-state index in [1.54, 1.807) is 0 Å². The van der Waals surface area contributed by atoms with E-state index in [-0.39, 0.29) is 0 Å². The Morgan fingerprint density at radius 3 is 3.11 bits per heavy atom. The minimum absolute atomic E-state index is 0.671. The molecule has 4 nitrogen and oxygen atoms in total. The van der Waals surface area contributed by atoms with Gasteiger partial charge in [0.2, 0.25) is 0 Å². The van der Waals surface area contributed by atoms with Gasteiger partial charge < -0.3 is 10.3 Å². The Labute approximate surface area is 107 Å². The van der Waals surface area contributed by atoms with Crippen molar-refractivity contribution in [3.05, 3.63) is 29.6 Å². The summed E-state index contributed by atoms with van der Waals surface area (Å²) in [7, 11) is 2.21. The Kier molecular flexibility index (Phi) is 3.06. The summed E-state index contributed by atoms with van der Waals surface area (Å²) in [5.74, 6) is 0.982. The minimum atomic E-state index is 0.671. The Bertz CT molecular complexity index is 540. The van der Waals surface area contributed by atoms with Crippen LogP contribution >= 0.6 is 0 Å². The summed E-state index contributed by atoms with van der Waals surface area (Å²) in [6.07, 6.45) is 1.25. The maximum absolute atomic E-state index is 4.43. The number of aromatic nitrogens is 2. The molecule has 1 aliphatic rings. The number of H-pyrrole nitrogens is 1. The number of hydrogen-bond donors (Lipinski definition) is 2. The summed E-state index contributed by atoms with van der Waals surface area (Å²) in [6, 6.07) is 7.18. The van der Waals surface area contributed by atoms with E-state index in [9.17, 15) is 0 Å². The van der Waals surface area contributed by atoms with Crippen LogP contribution < -0.4 is 5.32 Å². The van der Waals surface area contributed by atoms with E-state index in [1.165, 1.54) is 12.0 Å². The third kappa shape index (κ3) is 2.26. The fourth-order valence-electron chi connectivity index (χ4n) is 2.72. The Hall–Kier alpha value is -1.39. The van der Waals surface area contributed by atoms with Crippen LogP contribution in [-0.4, -0.2) is 41.0 Å². The summed E-state index contributed by atoms with van der Waals surface area (Å²) in [6.45, 7) is 5.26. The summed E-state index contributed by atoms with van der Waals surface area (Å²) in [4.78, 5) is 10.2. The van der Waals surface area contributed by atoms with Crippen LogP contribution in [0.25, 0.3) is 11.0 Å². The number of rotatable bonds is 3. The molecule has 1 aromatic carbocycles. The first-order chi connectivity index (χ1) is 8.72. The van der Waals surface area contributed by atoms with Crippen LogP contribution in [0.4, 0.5) is 0 Å². The molecule has 4 heteroatoms. The van der Waals surface area contributed by atoms with Crippen molar-refractivity contribution >= 4 is 11.0 Å². The first-order valence-electron chi connectivity index (χ1n) is 6.58. The number of aryl methyl sites for hydroxylation is 1. The third-order valence-electron chi connectivity index (χ3n) is 3.75. The molecule has 1 aromatic heterocycles. The number of fused-ring (bicyclic) bond motifs is 1. The molecule has 1 atom stereocenters. The highest BCUT2D eigenvalue weighted by molar-refractivity contribution is 5.75. The number of nitrogens with one attached hydrogen (secondary N) is 2. The van der Waals surface area contributed by atoms with Crippen molar-refractivity contribution in [2.24, 2.45) is 0 Å². The molecular formula is C14H20N4. The molecule has 1 saturated heterocycles. The van der Waals surface area contributed by atoms with Gasteiger partial charge in [0.1, 0.15) is 5.82 Å². The van der Waals surface area contributed by atoms with Gasteiger partial charge >= 0.3 is 0 Å². The monoisotopic (exact) mass is 244 g/mol. The molecule has 0 bridgehead atoms. The van der Waals surface area contributed by atoms with E-state index in [4.69, 9.17) is 0 Å². The Balaban J connectivity index is 1.77. The molecule has 2 N–H and O–H groups in total. The average Bonchev–Trinajstić information content (AvgIpc) is 2.95. The van der Waals surface area contributed by atoms with E-state index < -0.39 is 0 Å². The van der Waals surface area contributed by atoms with Gasteiger partial charge in [-0.15, -0.1) is 0 Å². The third-order valence-corrected chi connectivity index (χ3v) is 3.75. The number of aromatic amines is 1.